The third kappa shape index (κ3) is 9.03. The number of hydrogen-bond donors (Lipinski definition) is 0. The van der Waals surface area contributed by atoms with Gasteiger partial charge in [0.05, 0.1) is 0 Å². The average Bonchev–Trinajstić information content (AvgIpc) is 0. The molecule has 3 N–H and O–H groups in total. The molecule has 0 aromatic rings. The van der Waals surface area contributed by atoms with Gasteiger partial charge in [0.25, 0.3) is 0 Å². The van der Waals surface area contributed by atoms with E-state index in [1.54, 1.807) is 0 Å². The van der Waals surface area contributed by atoms with Gasteiger partial charge in [-0.1, -0.05) is 0 Å². The van der Waals surface area contributed by atoms with Gasteiger partial charge in [0.1, 0.15) is 0 Å². The van der Waals surface area contributed by atoms with E-state index in [-0.39, 0.29) is 121 Å². The minimum Gasteiger partial charge on any atom is -0.870 e. The monoisotopic (exact) mass is 157 g/mol. The molecule has 0 aliphatic rings. The second-order valence-corrected chi connectivity index (χ2v) is 0. The van der Waals surface area contributed by atoms with E-state index in [2.05, 4.69) is 0 Å². The second kappa shape index (κ2) is 16.2. The summed E-state index contributed by atoms with van der Waals surface area (Å²) < 4.78 is 0. The summed E-state index contributed by atoms with van der Waals surface area (Å²) in [5.74, 6) is 0. The van der Waals surface area contributed by atoms with Crippen molar-refractivity contribution in [1.82, 2.24) is 0 Å². The molecular weight excluding hydrogens is 155 g/mol. The van der Waals surface area contributed by atoms with Crippen LogP contribution < -0.4 is 110 Å². The van der Waals surface area contributed by atoms with E-state index in [1.165, 1.54) is 0 Å². The van der Waals surface area contributed by atoms with Crippen LogP contribution >= 0.6 is 0 Å². The molecule has 0 amide bonds. The van der Waals surface area contributed by atoms with E-state index in [9.17, 15) is 0 Å². The van der Waals surface area contributed by atoms with Crippen LogP contribution in [0, 0.1) is 0 Å². The third-order valence-corrected chi connectivity index (χ3v) is 0. The molecule has 0 rings (SSSR count). The molecule has 2 nitrogen and oxygen atoms in total. The first-order valence-electron chi connectivity index (χ1n) is 0. The molecule has 0 aliphatic carbocycles. The van der Waals surface area contributed by atoms with Gasteiger partial charge >= 0.3 is 110 Å². The van der Waals surface area contributed by atoms with Gasteiger partial charge in [0.2, 0.25) is 0 Å². The van der Waals surface area contributed by atoms with Crippen LogP contribution in [0.5, 0.6) is 0 Å². The summed E-state index contributed by atoms with van der Waals surface area (Å²) in [5.41, 5.74) is 0. The molecule has 0 unspecified atom stereocenters. The van der Waals surface area contributed by atoms with Crippen molar-refractivity contribution < 1.29 is 115 Å². The molecule has 0 radical (unpaired) electrons. The Labute approximate surface area is 117 Å². The predicted molar refractivity (Wildman–Crippen MR) is 7.22 cm³/mol. The molecular formula is H3KNORb. The van der Waals surface area contributed by atoms with E-state index < -0.39 is 0 Å². The minimum atomic E-state index is 0. The van der Waals surface area contributed by atoms with Crippen LogP contribution in [0.3, 0.4) is 0 Å². The van der Waals surface area contributed by atoms with Gasteiger partial charge in [-0.25, -0.2) is 0 Å². The molecule has 0 aromatic carbocycles. The molecule has 0 aromatic heterocycles. The molecule has 4 heavy (non-hydrogen) atoms. The van der Waals surface area contributed by atoms with Gasteiger partial charge < -0.3 is 11.6 Å². The van der Waals surface area contributed by atoms with Crippen molar-refractivity contribution in [2.45, 2.75) is 0 Å². The maximum atomic E-state index is 0. The van der Waals surface area contributed by atoms with Crippen LogP contribution in [-0.4, -0.2) is 5.48 Å². The average molecular weight is 158 g/mol. The summed E-state index contributed by atoms with van der Waals surface area (Å²) in [4.78, 5) is 0. The van der Waals surface area contributed by atoms with E-state index in [0.29, 0.717) is 0 Å². The van der Waals surface area contributed by atoms with Crippen molar-refractivity contribution in [1.29, 1.82) is 0 Å². The Hall–Kier alpha value is 3.36. The summed E-state index contributed by atoms with van der Waals surface area (Å²) in [5, 5.41) is 0. The fourth-order valence-electron chi connectivity index (χ4n) is 0. The van der Waals surface area contributed by atoms with Gasteiger partial charge in [-0.05, 0) is 0 Å². The zero-order valence-electron chi connectivity index (χ0n) is 3.02. The molecule has 0 atom stereocenters. The Morgan fingerprint density at radius 3 is 1.00 bits per heavy atom. The molecule has 0 saturated carbocycles. The van der Waals surface area contributed by atoms with Crippen molar-refractivity contribution in [2.24, 2.45) is 0 Å². The second-order valence-electron chi connectivity index (χ2n) is 0. The number of nitrogens with two attached hydrogens (primary N) is 1. The fourth-order valence-corrected chi connectivity index (χ4v) is 0. The summed E-state index contributed by atoms with van der Waals surface area (Å²) in [7, 11) is 0. The van der Waals surface area contributed by atoms with Crippen LogP contribution in [0.2, 0.25) is 0 Å². The topological polar surface area (TPSA) is 63.5 Å². The van der Waals surface area contributed by atoms with Crippen LogP contribution in [-0.2, 0) is 0 Å². The van der Waals surface area contributed by atoms with Gasteiger partial charge in [-0.3, -0.25) is 0 Å². The summed E-state index contributed by atoms with van der Waals surface area (Å²) >= 11 is 0. The van der Waals surface area contributed by atoms with E-state index in [1.807, 2.05) is 0 Å². The maximum absolute atomic E-state index is 0. The van der Waals surface area contributed by atoms with Crippen LogP contribution in [0.15, 0.2) is 0 Å². The quantitative estimate of drug-likeness (QED) is 0.324. The Bertz CT molecular complexity index is 8.00. The Kier molecular flexibility index (Phi) is 107. The molecule has 4 heteroatoms. The molecule has 0 fully saturated rings. The predicted octanol–water partition coefficient (Wildman–Crippen LogP) is -5.45. The summed E-state index contributed by atoms with van der Waals surface area (Å²) in [6, 6.07) is 0. The van der Waals surface area contributed by atoms with Gasteiger partial charge in [-0.2, -0.15) is 0 Å². The molecule has 0 heterocycles. The summed E-state index contributed by atoms with van der Waals surface area (Å²) in [6.45, 7) is 0. The number of rotatable bonds is 0. The van der Waals surface area contributed by atoms with Gasteiger partial charge in [-0.15, -0.1) is 0 Å². The first-order chi connectivity index (χ1) is 0. The van der Waals surface area contributed by atoms with Crippen LogP contribution in [0.4, 0.5) is 0 Å². The normalized spacial score (nSPS) is 0. The van der Waals surface area contributed by atoms with E-state index >= 15 is 0 Å². The first-order valence-corrected chi connectivity index (χ1v) is 0. The molecule has 0 saturated heterocycles. The maximum Gasteiger partial charge on any atom is 1.00 e. The van der Waals surface area contributed by atoms with Crippen molar-refractivity contribution in [2.75, 3.05) is 0 Å². The van der Waals surface area contributed by atoms with E-state index in [0.717, 1.165) is 0 Å². The SMILES string of the molecule is [K+].[NH2-].[OH-].[Rb+]. The third-order valence-electron chi connectivity index (χ3n) is 0. The van der Waals surface area contributed by atoms with Crippen LogP contribution in [0.25, 0.3) is 6.15 Å². The Morgan fingerprint density at radius 1 is 1.00 bits per heavy atom. The molecule has 0 spiro atoms. The zero-order valence-corrected chi connectivity index (χ0v) is 11.1. The smallest absolute Gasteiger partial charge is 0.870 e. The molecule has 0 bridgehead atoms. The largest absolute Gasteiger partial charge is 1.00 e. The van der Waals surface area contributed by atoms with E-state index in [4.69, 9.17) is 0 Å². The first kappa shape index (κ1) is 26.4. The molecule has 16 valence electrons. The van der Waals surface area contributed by atoms with Crippen molar-refractivity contribution in [3.05, 3.63) is 6.15 Å². The Balaban J connectivity index is 0. The van der Waals surface area contributed by atoms with Gasteiger partial charge in [0, 0.05) is 0 Å². The van der Waals surface area contributed by atoms with Crippen molar-refractivity contribution in [3.8, 4) is 0 Å². The summed E-state index contributed by atoms with van der Waals surface area (Å²) in [6.07, 6.45) is 0. The Morgan fingerprint density at radius 2 is 1.00 bits per heavy atom. The standard InChI is InChI=1S/K.H2N.H2O.Rb/h;2*1H2;/q+1;-1;;+1/p-1. The van der Waals surface area contributed by atoms with Gasteiger partial charge in [0.15, 0.2) is 0 Å². The zero-order chi connectivity index (χ0) is 0. The van der Waals surface area contributed by atoms with Crippen molar-refractivity contribution >= 4 is 0 Å². The minimum absolute atomic E-state index is 0. The fraction of sp³-hybridized carbons (Fsp3) is 0. The molecule has 0 aliphatic heterocycles. The van der Waals surface area contributed by atoms with Crippen LogP contribution in [0.1, 0.15) is 0 Å². The number of hydrogen-bond acceptors (Lipinski definition) is 1. The van der Waals surface area contributed by atoms with Crippen molar-refractivity contribution in [3.63, 3.8) is 0 Å².